The molecular weight excluding hydrogens is 620 g/mol. The van der Waals surface area contributed by atoms with Crippen LogP contribution in [0.15, 0.2) is 72.8 Å². The summed E-state index contributed by atoms with van der Waals surface area (Å²) in [6.45, 7) is 1.08. The van der Waals surface area contributed by atoms with Crippen molar-refractivity contribution in [3.05, 3.63) is 95.6 Å². The smallest absolute Gasteiger partial charge is 0.320 e. The normalized spacial score (nSPS) is 17.8. The van der Waals surface area contributed by atoms with Gasteiger partial charge in [0, 0.05) is 17.9 Å². The number of aliphatic hydroxyl groups is 1. The van der Waals surface area contributed by atoms with E-state index in [1.807, 2.05) is 0 Å². The highest BCUT2D eigenvalue weighted by Gasteiger charge is 2.49. The van der Waals surface area contributed by atoms with Crippen molar-refractivity contribution in [2.75, 3.05) is 23.8 Å². The standard InChI is InChI=1S/C33H35F2N3O7S/c1-2-19(29(36)33(43)44)15-25(39)16-37-28(41)17-45-26-13-5-21(6-14-26)30-31(32(42)38(30)24-11-9-23(35)10-12-24)46-18-27(40)20-3-7-22(34)8-4-20/h3-14,19,27,29-31,40H,2,15-18,36H2,1H3,(H,37,41)(H,43,44)/t19?,27?,29-,30-,31-/m1/s1. The summed E-state index contributed by atoms with van der Waals surface area (Å²) in [5.74, 6) is -3.16. The van der Waals surface area contributed by atoms with Gasteiger partial charge in [0.2, 0.25) is 5.91 Å². The van der Waals surface area contributed by atoms with Crippen molar-refractivity contribution in [2.45, 2.75) is 43.2 Å². The number of hydrogen-bond donors (Lipinski definition) is 4. The number of halogens is 2. The van der Waals surface area contributed by atoms with Crippen LogP contribution in [0.2, 0.25) is 0 Å². The Morgan fingerprint density at radius 1 is 1.00 bits per heavy atom. The van der Waals surface area contributed by atoms with Gasteiger partial charge in [-0.15, -0.1) is 11.8 Å². The number of carbonyl (C=O) groups is 4. The Kier molecular flexibility index (Phi) is 11.9. The highest BCUT2D eigenvalue weighted by molar-refractivity contribution is 8.00. The lowest BCUT2D eigenvalue weighted by atomic mass is 9.92. The number of β-lactam (4-membered cyclic amide) rings is 1. The molecule has 0 aliphatic carbocycles. The van der Waals surface area contributed by atoms with E-state index in [0.717, 1.165) is 5.56 Å². The van der Waals surface area contributed by atoms with Crippen molar-refractivity contribution in [3.63, 3.8) is 0 Å². The zero-order valence-corrected chi connectivity index (χ0v) is 25.8. The summed E-state index contributed by atoms with van der Waals surface area (Å²) in [5.41, 5.74) is 7.40. The number of nitrogens with zero attached hydrogens (tertiary/aromatic N) is 1. The number of benzene rings is 3. The third-order valence-corrected chi connectivity index (χ3v) is 9.05. The zero-order chi connectivity index (χ0) is 33.4. The maximum atomic E-state index is 13.6. The van der Waals surface area contributed by atoms with E-state index in [0.29, 0.717) is 23.4 Å². The van der Waals surface area contributed by atoms with E-state index >= 15 is 0 Å². The van der Waals surface area contributed by atoms with E-state index in [1.165, 1.54) is 60.3 Å². The average Bonchev–Trinajstić information content (AvgIpc) is 3.05. The monoisotopic (exact) mass is 655 g/mol. The molecule has 1 heterocycles. The number of amides is 2. The van der Waals surface area contributed by atoms with Crippen molar-refractivity contribution in [1.82, 2.24) is 5.32 Å². The van der Waals surface area contributed by atoms with Gasteiger partial charge in [-0.3, -0.25) is 19.2 Å². The lowest BCUT2D eigenvalue weighted by Crippen LogP contribution is -2.57. The third-order valence-electron chi connectivity index (χ3n) is 7.72. The summed E-state index contributed by atoms with van der Waals surface area (Å²) >= 11 is 1.26. The first-order valence-corrected chi connectivity index (χ1v) is 15.7. The second kappa shape index (κ2) is 15.8. The van der Waals surface area contributed by atoms with Gasteiger partial charge in [-0.2, -0.15) is 0 Å². The van der Waals surface area contributed by atoms with Crippen LogP contribution in [0, 0.1) is 17.6 Å². The summed E-state index contributed by atoms with van der Waals surface area (Å²) in [6, 6.07) is 16.2. The number of nitrogens with two attached hydrogens (primary N) is 1. The molecule has 13 heteroatoms. The predicted octanol–water partition coefficient (Wildman–Crippen LogP) is 3.78. The van der Waals surface area contributed by atoms with Crippen LogP contribution in [0.5, 0.6) is 5.75 Å². The molecule has 2 amide bonds. The number of aliphatic carboxylic acids is 1. The van der Waals surface area contributed by atoms with Crippen molar-refractivity contribution >= 4 is 41.0 Å². The molecule has 4 rings (SSSR count). The summed E-state index contributed by atoms with van der Waals surface area (Å²) in [6.07, 6.45) is -0.595. The van der Waals surface area contributed by atoms with Crippen molar-refractivity contribution in [3.8, 4) is 5.75 Å². The highest BCUT2D eigenvalue weighted by atomic mass is 32.2. The second-order valence-electron chi connectivity index (χ2n) is 10.9. The largest absolute Gasteiger partial charge is 0.484 e. The molecular formula is C33H35F2N3O7S. The van der Waals surface area contributed by atoms with Crippen LogP contribution in [0.4, 0.5) is 14.5 Å². The lowest BCUT2D eigenvalue weighted by Gasteiger charge is -2.47. The molecule has 1 fully saturated rings. The highest BCUT2D eigenvalue weighted by Crippen LogP contribution is 2.46. The number of Topliss-reactive ketones (excluding diaryl/α,β-unsaturated/α-hetero) is 1. The number of anilines is 1. The van der Waals surface area contributed by atoms with Crippen LogP contribution in [0.1, 0.15) is 43.0 Å². The molecule has 3 aromatic rings. The number of carboxylic acids is 1. The molecule has 2 unspecified atom stereocenters. The topological polar surface area (TPSA) is 159 Å². The predicted molar refractivity (Wildman–Crippen MR) is 168 cm³/mol. The Morgan fingerprint density at radius 2 is 1.61 bits per heavy atom. The van der Waals surface area contributed by atoms with E-state index in [-0.39, 0.29) is 37.0 Å². The number of rotatable bonds is 16. The van der Waals surface area contributed by atoms with E-state index in [1.54, 1.807) is 36.1 Å². The molecule has 3 aromatic carbocycles. The number of hydrogen-bond acceptors (Lipinski definition) is 8. The Balaban J connectivity index is 1.36. The Morgan fingerprint density at radius 3 is 2.20 bits per heavy atom. The molecule has 0 bridgehead atoms. The van der Waals surface area contributed by atoms with E-state index in [9.17, 15) is 33.1 Å². The average molecular weight is 656 g/mol. The van der Waals surface area contributed by atoms with Gasteiger partial charge in [-0.1, -0.05) is 37.6 Å². The van der Waals surface area contributed by atoms with Gasteiger partial charge in [-0.25, -0.2) is 8.78 Å². The van der Waals surface area contributed by atoms with Gasteiger partial charge >= 0.3 is 5.97 Å². The van der Waals surface area contributed by atoms with Crippen LogP contribution >= 0.6 is 11.8 Å². The maximum absolute atomic E-state index is 13.6. The fourth-order valence-corrected chi connectivity index (χ4v) is 6.36. The summed E-state index contributed by atoms with van der Waals surface area (Å²) in [5, 5.41) is 21.6. The lowest BCUT2D eigenvalue weighted by molar-refractivity contribution is -0.140. The molecule has 5 N–H and O–H groups in total. The first-order valence-electron chi connectivity index (χ1n) is 14.6. The first kappa shape index (κ1) is 34.5. The van der Waals surface area contributed by atoms with E-state index < -0.39 is 52.9 Å². The maximum Gasteiger partial charge on any atom is 0.320 e. The number of carboxylic acid groups (broad SMARTS) is 1. The minimum atomic E-state index is -1.19. The fourth-order valence-electron chi connectivity index (χ4n) is 5.06. The van der Waals surface area contributed by atoms with Gasteiger partial charge in [0.05, 0.1) is 18.7 Å². The Hall–Kier alpha value is -4.33. The number of nitrogens with one attached hydrogen (secondary N) is 1. The van der Waals surface area contributed by atoms with Crippen molar-refractivity contribution in [2.24, 2.45) is 11.7 Å². The van der Waals surface area contributed by atoms with Crippen LogP contribution in [0.25, 0.3) is 0 Å². The molecule has 0 spiro atoms. The van der Waals surface area contributed by atoms with Crippen LogP contribution in [-0.4, -0.2) is 64.0 Å². The van der Waals surface area contributed by atoms with Crippen LogP contribution in [0.3, 0.4) is 0 Å². The molecule has 46 heavy (non-hydrogen) atoms. The molecule has 0 radical (unpaired) electrons. The number of thioether (sulfide) groups is 1. The molecule has 1 aliphatic heterocycles. The zero-order valence-electron chi connectivity index (χ0n) is 25.0. The Bertz CT molecular complexity index is 1520. The van der Waals surface area contributed by atoms with Gasteiger partial charge in [0.15, 0.2) is 12.4 Å². The van der Waals surface area contributed by atoms with Crippen molar-refractivity contribution < 1.29 is 42.9 Å². The number of aliphatic hydroxyl groups excluding tert-OH is 1. The first-order chi connectivity index (χ1) is 22.0. The molecule has 0 saturated carbocycles. The van der Waals surface area contributed by atoms with Crippen LogP contribution < -0.4 is 20.7 Å². The Labute approximate surface area is 268 Å². The van der Waals surface area contributed by atoms with Crippen molar-refractivity contribution in [1.29, 1.82) is 0 Å². The minimum Gasteiger partial charge on any atom is -0.484 e. The van der Waals surface area contributed by atoms with E-state index in [2.05, 4.69) is 5.32 Å². The molecule has 1 aliphatic rings. The molecule has 5 atom stereocenters. The number of carbonyl (C=O) groups excluding carboxylic acids is 3. The minimum absolute atomic E-state index is 0.0738. The molecule has 1 saturated heterocycles. The SMILES string of the molecule is CCC(CC(=O)CNC(=O)COc1ccc([C@@H]2[C@@H](SCC(O)c3ccc(F)cc3)C(=O)N2c2ccc(F)cc2)cc1)[C@@H](N)C(=O)O. The summed E-state index contributed by atoms with van der Waals surface area (Å²) in [7, 11) is 0. The summed E-state index contributed by atoms with van der Waals surface area (Å²) in [4.78, 5) is 50.4. The molecule has 244 valence electrons. The van der Waals surface area contributed by atoms with Crippen LogP contribution in [-0.2, 0) is 19.2 Å². The van der Waals surface area contributed by atoms with E-state index in [4.69, 9.17) is 15.6 Å². The van der Waals surface area contributed by atoms with Gasteiger partial charge in [0.1, 0.15) is 28.7 Å². The number of ether oxygens (including phenoxy) is 1. The third kappa shape index (κ3) is 8.68. The van der Waals surface area contributed by atoms with Gasteiger partial charge in [0.25, 0.3) is 5.91 Å². The molecule has 10 nitrogen and oxygen atoms in total. The van der Waals surface area contributed by atoms with Gasteiger partial charge in [-0.05, 0) is 65.6 Å². The van der Waals surface area contributed by atoms with Gasteiger partial charge < -0.3 is 30.9 Å². The quantitative estimate of drug-likeness (QED) is 0.169. The molecule has 0 aromatic heterocycles. The second-order valence-corrected chi connectivity index (χ2v) is 12.0. The fraction of sp³-hybridized carbons (Fsp3) is 0.333. The summed E-state index contributed by atoms with van der Waals surface area (Å²) < 4.78 is 32.5. The number of ketones is 1.